The Labute approximate surface area is 166 Å². The summed E-state index contributed by atoms with van der Waals surface area (Å²) in [5, 5.41) is 13.4. The van der Waals surface area contributed by atoms with Gasteiger partial charge in [0, 0.05) is 30.8 Å². The van der Waals surface area contributed by atoms with Crippen molar-refractivity contribution in [3.8, 4) is 0 Å². The molecule has 0 unspecified atom stereocenters. The van der Waals surface area contributed by atoms with E-state index in [9.17, 15) is 24.5 Å². The summed E-state index contributed by atoms with van der Waals surface area (Å²) in [6.45, 7) is 1.74. The van der Waals surface area contributed by atoms with E-state index in [1.165, 1.54) is 24.3 Å². The second-order valence-corrected chi connectivity index (χ2v) is 6.58. The van der Waals surface area contributed by atoms with Crippen LogP contribution in [0.15, 0.2) is 42.5 Å². The molecule has 9 heteroatoms. The van der Waals surface area contributed by atoms with E-state index in [1.807, 2.05) is 0 Å². The largest absolute Gasteiger partial charge is 0.452 e. The number of hydrogen-bond acceptors (Lipinski definition) is 6. The molecule has 2 aromatic carbocycles. The second kappa shape index (κ2) is 8.51. The van der Waals surface area contributed by atoms with Crippen molar-refractivity contribution in [2.45, 2.75) is 19.8 Å². The van der Waals surface area contributed by atoms with Crippen molar-refractivity contribution in [2.75, 3.05) is 23.4 Å². The molecule has 9 nitrogen and oxygen atoms in total. The molecule has 1 heterocycles. The Morgan fingerprint density at radius 2 is 2.03 bits per heavy atom. The molecule has 0 saturated carbocycles. The number of nitrogens with zero attached hydrogens (tertiary/aromatic N) is 2. The van der Waals surface area contributed by atoms with Gasteiger partial charge in [-0.3, -0.25) is 19.7 Å². The summed E-state index contributed by atoms with van der Waals surface area (Å²) in [5.74, 6) is -1.32. The van der Waals surface area contributed by atoms with E-state index in [-0.39, 0.29) is 22.8 Å². The molecular weight excluding hydrogens is 378 g/mol. The summed E-state index contributed by atoms with van der Waals surface area (Å²) in [7, 11) is 0. The van der Waals surface area contributed by atoms with Gasteiger partial charge in [-0.1, -0.05) is 12.1 Å². The van der Waals surface area contributed by atoms with Crippen molar-refractivity contribution in [2.24, 2.45) is 0 Å². The van der Waals surface area contributed by atoms with E-state index in [0.29, 0.717) is 24.2 Å². The third-order valence-corrected chi connectivity index (χ3v) is 4.51. The first-order chi connectivity index (χ1) is 13.8. The number of nitro benzene ring substituents is 1. The fourth-order valence-electron chi connectivity index (χ4n) is 2.98. The van der Waals surface area contributed by atoms with Crippen LogP contribution in [0.5, 0.6) is 0 Å². The van der Waals surface area contributed by atoms with Crippen molar-refractivity contribution in [1.82, 2.24) is 0 Å². The molecule has 0 spiro atoms. The lowest BCUT2D eigenvalue weighted by Crippen LogP contribution is -2.24. The van der Waals surface area contributed by atoms with Gasteiger partial charge in [0.2, 0.25) is 5.91 Å². The van der Waals surface area contributed by atoms with Crippen LogP contribution in [0.4, 0.5) is 17.1 Å². The number of benzene rings is 2. The third-order valence-electron chi connectivity index (χ3n) is 4.51. The fraction of sp³-hybridized carbons (Fsp3) is 0.250. The predicted molar refractivity (Wildman–Crippen MR) is 105 cm³/mol. The van der Waals surface area contributed by atoms with Crippen LogP contribution in [-0.2, 0) is 14.3 Å². The minimum absolute atomic E-state index is 0.00206. The van der Waals surface area contributed by atoms with Crippen molar-refractivity contribution in [1.29, 1.82) is 0 Å². The molecule has 2 amide bonds. The van der Waals surface area contributed by atoms with Gasteiger partial charge in [-0.05, 0) is 37.1 Å². The topological polar surface area (TPSA) is 119 Å². The number of ether oxygens (including phenoxy) is 1. The first-order valence-electron chi connectivity index (χ1n) is 8.97. The molecular formula is C20H19N3O6. The van der Waals surface area contributed by atoms with Crippen LogP contribution in [-0.4, -0.2) is 35.9 Å². The summed E-state index contributed by atoms with van der Waals surface area (Å²) < 4.78 is 5.04. The molecule has 0 atom stereocenters. The Bertz CT molecular complexity index is 988. The highest BCUT2D eigenvalue weighted by molar-refractivity contribution is 5.99. The average Bonchev–Trinajstić information content (AvgIpc) is 3.13. The quantitative estimate of drug-likeness (QED) is 0.455. The van der Waals surface area contributed by atoms with Crippen molar-refractivity contribution in [3.63, 3.8) is 0 Å². The van der Waals surface area contributed by atoms with Gasteiger partial charge >= 0.3 is 5.97 Å². The molecule has 1 fully saturated rings. The van der Waals surface area contributed by atoms with Crippen molar-refractivity contribution < 1.29 is 24.0 Å². The molecule has 0 aromatic heterocycles. The Morgan fingerprint density at radius 3 is 2.72 bits per heavy atom. The Morgan fingerprint density at radius 1 is 1.24 bits per heavy atom. The highest BCUT2D eigenvalue weighted by atomic mass is 16.6. The number of non-ortho nitro benzene ring substituents is 1. The van der Waals surface area contributed by atoms with Gasteiger partial charge in [0.1, 0.15) is 0 Å². The second-order valence-electron chi connectivity index (χ2n) is 6.58. The molecule has 3 rings (SSSR count). The molecule has 0 radical (unpaired) electrons. The molecule has 1 aliphatic rings. The Balaban J connectivity index is 1.61. The average molecular weight is 397 g/mol. The summed E-state index contributed by atoms with van der Waals surface area (Å²) >= 11 is 0. The summed E-state index contributed by atoms with van der Waals surface area (Å²) in [4.78, 5) is 48.1. The zero-order valence-corrected chi connectivity index (χ0v) is 15.7. The maximum Gasteiger partial charge on any atom is 0.338 e. The minimum Gasteiger partial charge on any atom is -0.452 e. The van der Waals surface area contributed by atoms with Gasteiger partial charge in [0.25, 0.3) is 11.6 Å². The Kier molecular flexibility index (Phi) is 5.87. The van der Waals surface area contributed by atoms with E-state index >= 15 is 0 Å². The van der Waals surface area contributed by atoms with E-state index in [1.54, 1.807) is 30.0 Å². The molecule has 1 N–H and O–H groups in total. The van der Waals surface area contributed by atoms with Crippen LogP contribution in [0.1, 0.15) is 28.8 Å². The summed E-state index contributed by atoms with van der Waals surface area (Å²) in [5.41, 5.74) is 1.59. The lowest BCUT2D eigenvalue weighted by molar-refractivity contribution is -0.384. The van der Waals surface area contributed by atoms with E-state index in [4.69, 9.17) is 4.74 Å². The third kappa shape index (κ3) is 4.75. The van der Waals surface area contributed by atoms with Crippen LogP contribution >= 0.6 is 0 Å². The highest BCUT2D eigenvalue weighted by Gasteiger charge is 2.22. The van der Waals surface area contributed by atoms with Gasteiger partial charge in [0.15, 0.2) is 6.61 Å². The zero-order valence-electron chi connectivity index (χ0n) is 15.7. The van der Waals surface area contributed by atoms with Crippen LogP contribution < -0.4 is 10.2 Å². The summed E-state index contributed by atoms with van der Waals surface area (Å²) in [6, 6.07) is 10.6. The smallest absolute Gasteiger partial charge is 0.338 e. The number of hydrogen-bond donors (Lipinski definition) is 1. The molecule has 29 heavy (non-hydrogen) atoms. The standard InChI is InChI=1S/C20H19N3O6/c1-13-7-8-16(23(27)28)11-17(13)21-18(24)12-29-20(26)14-4-2-5-15(10-14)22-9-3-6-19(22)25/h2,4-5,7-8,10-11H,3,6,9,12H2,1H3,(H,21,24). The zero-order chi connectivity index (χ0) is 21.0. The minimum atomic E-state index is -0.704. The molecule has 150 valence electrons. The first kappa shape index (κ1) is 20.0. The van der Waals surface area contributed by atoms with E-state index in [2.05, 4.69) is 5.32 Å². The molecule has 2 aromatic rings. The number of nitrogens with one attached hydrogen (secondary N) is 1. The number of carbonyl (C=O) groups excluding carboxylic acids is 3. The van der Waals surface area contributed by atoms with Gasteiger partial charge in [-0.2, -0.15) is 0 Å². The number of carbonyl (C=O) groups is 3. The van der Waals surface area contributed by atoms with Gasteiger partial charge in [-0.25, -0.2) is 4.79 Å². The number of amides is 2. The SMILES string of the molecule is Cc1ccc([N+](=O)[O-])cc1NC(=O)COC(=O)c1cccc(N2CCCC2=O)c1. The summed E-state index contributed by atoms with van der Waals surface area (Å²) in [6.07, 6.45) is 1.25. The lowest BCUT2D eigenvalue weighted by atomic mass is 10.2. The lowest BCUT2D eigenvalue weighted by Gasteiger charge is -2.16. The molecule has 1 aliphatic heterocycles. The number of rotatable bonds is 6. The van der Waals surface area contributed by atoms with Gasteiger partial charge in [-0.15, -0.1) is 0 Å². The number of esters is 1. The molecule has 0 aliphatic carbocycles. The maximum absolute atomic E-state index is 12.3. The normalized spacial score (nSPS) is 13.3. The van der Waals surface area contributed by atoms with Crippen LogP contribution in [0, 0.1) is 17.0 Å². The van der Waals surface area contributed by atoms with Crippen molar-refractivity contribution >= 4 is 34.8 Å². The van der Waals surface area contributed by atoms with Gasteiger partial charge < -0.3 is 15.0 Å². The van der Waals surface area contributed by atoms with Crippen LogP contribution in [0.25, 0.3) is 0 Å². The van der Waals surface area contributed by atoms with Crippen LogP contribution in [0.3, 0.4) is 0 Å². The number of aryl methyl sites for hydroxylation is 1. The molecule has 0 bridgehead atoms. The van der Waals surface area contributed by atoms with Crippen molar-refractivity contribution in [3.05, 3.63) is 63.7 Å². The maximum atomic E-state index is 12.3. The van der Waals surface area contributed by atoms with Crippen LogP contribution in [0.2, 0.25) is 0 Å². The van der Waals surface area contributed by atoms with Gasteiger partial charge in [0.05, 0.1) is 16.2 Å². The van der Waals surface area contributed by atoms with E-state index in [0.717, 1.165) is 6.42 Å². The predicted octanol–water partition coefficient (Wildman–Crippen LogP) is 2.83. The highest BCUT2D eigenvalue weighted by Crippen LogP contribution is 2.23. The monoisotopic (exact) mass is 397 g/mol. The first-order valence-corrected chi connectivity index (χ1v) is 8.97. The number of nitro groups is 1. The Hall–Kier alpha value is -3.75. The number of anilines is 2. The van der Waals surface area contributed by atoms with E-state index < -0.39 is 23.4 Å². The fourth-order valence-corrected chi connectivity index (χ4v) is 2.98. The molecule has 1 saturated heterocycles.